The minimum atomic E-state index is -4.72. The lowest BCUT2D eigenvalue weighted by Crippen LogP contribution is -2.05. The number of alkyl halides is 4. The second-order valence-corrected chi connectivity index (χ2v) is 7.90. The molecule has 0 amide bonds. The fourth-order valence-corrected chi connectivity index (χ4v) is 3.04. The first kappa shape index (κ1) is 21.8. The van der Waals surface area contributed by atoms with E-state index in [1.165, 1.54) is 37.3 Å². The second-order valence-electron chi connectivity index (χ2n) is 5.89. The van der Waals surface area contributed by atoms with Gasteiger partial charge in [0, 0.05) is 18.1 Å². The van der Waals surface area contributed by atoms with Crippen molar-refractivity contribution in [1.29, 1.82) is 0 Å². The number of halogens is 5. The first-order valence-corrected chi connectivity index (χ1v) is 9.89. The van der Waals surface area contributed by atoms with Crippen molar-refractivity contribution in [2.75, 3.05) is 12.9 Å². The molecule has 0 N–H and O–H groups in total. The first-order chi connectivity index (χ1) is 13.0. The Balaban J connectivity index is 2.58. The number of hydrogen-bond acceptors (Lipinski definition) is 3. The van der Waals surface area contributed by atoms with E-state index >= 15 is 0 Å². The van der Waals surface area contributed by atoms with Gasteiger partial charge in [-0.1, -0.05) is 6.08 Å². The van der Waals surface area contributed by atoms with Gasteiger partial charge < -0.3 is 0 Å². The van der Waals surface area contributed by atoms with Gasteiger partial charge in [-0.15, -0.1) is 0 Å². The number of hydrogen-bond donors (Lipinski definition) is 0. The van der Waals surface area contributed by atoms with Crippen LogP contribution >= 0.6 is 0 Å². The van der Waals surface area contributed by atoms with Crippen molar-refractivity contribution in [2.45, 2.75) is 24.4 Å². The van der Waals surface area contributed by atoms with Crippen LogP contribution in [-0.2, 0) is 16.0 Å². The van der Waals surface area contributed by atoms with Crippen LogP contribution in [0.5, 0.6) is 0 Å². The molecule has 0 bridgehead atoms. The summed E-state index contributed by atoms with van der Waals surface area (Å²) in [5.41, 5.74) is -0.685. The summed E-state index contributed by atoms with van der Waals surface area (Å²) in [5.74, 6) is -1.14. The molecule has 0 unspecified atom stereocenters. The Morgan fingerprint density at radius 2 is 1.82 bits per heavy atom. The van der Waals surface area contributed by atoms with Crippen molar-refractivity contribution >= 4 is 15.4 Å². The largest absolute Gasteiger partial charge is 0.434 e. The molecular weight excluding hydrogens is 403 g/mol. The molecule has 1 aromatic carbocycles. The van der Waals surface area contributed by atoms with Gasteiger partial charge in [0.1, 0.15) is 18.3 Å². The second kappa shape index (κ2) is 8.26. The van der Waals surface area contributed by atoms with Gasteiger partial charge >= 0.3 is 6.18 Å². The van der Waals surface area contributed by atoms with Gasteiger partial charge in [0.05, 0.1) is 4.90 Å². The standard InChI is InChI=1S/C18H17F5N2O2S/c1-3-12(4-5-13(20)10-19)17-24-16(18(21,22)23)11-25(17)14-6-8-15(9-7-14)28(2,26)27/h3,5-9,11H,4,10H2,1-2H3/b12-3+,13-5+. The van der Waals surface area contributed by atoms with Crippen molar-refractivity contribution < 1.29 is 30.4 Å². The Bertz CT molecular complexity index is 1000. The van der Waals surface area contributed by atoms with E-state index < -0.39 is 34.2 Å². The Morgan fingerprint density at radius 3 is 2.29 bits per heavy atom. The van der Waals surface area contributed by atoms with Gasteiger partial charge in [-0.2, -0.15) is 13.2 Å². The van der Waals surface area contributed by atoms with Crippen LogP contribution in [0.3, 0.4) is 0 Å². The summed E-state index contributed by atoms with van der Waals surface area (Å²) in [5, 5.41) is 0. The molecule has 0 aliphatic heterocycles. The molecule has 1 heterocycles. The zero-order valence-corrected chi connectivity index (χ0v) is 15.8. The van der Waals surface area contributed by atoms with Gasteiger partial charge in [0.2, 0.25) is 0 Å². The molecule has 0 saturated heterocycles. The van der Waals surface area contributed by atoms with E-state index in [9.17, 15) is 30.4 Å². The maximum Gasteiger partial charge on any atom is 0.434 e. The Kier molecular flexibility index (Phi) is 6.43. The molecule has 0 spiro atoms. The van der Waals surface area contributed by atoms with Crippen LogP contribution in [-0.4, -0.2) is 30.9 Å². The third-order valence-electron chi connectivity index (χ3n) is 3.85. The van der Waals surface area contributed by atoms with Crippen molar-refractivity contribution in [1.82, 2.24) is 9.55 Å². The predicted molar refractivity (Wildman–Crippen MR) is 95.1 cm³/mol. The number of aromatic nitrogens is 2. The van der Waals surface area contributed by atoms with Gasteiger partial charge in [-0.05, 0) is 49.3 Å². The highest BCUT2D eigenvalue weighted by atomic mass is 32.2. The SMILES string of the molecule is C/C=C(\C/C=C(/F)CF)c1nc(C(F)(F)F)cn1-c1ccc(S(C)(=O)=O)cc1. The molecule has 0 radical (unpaired) electrons. The lowest BCUT2D eigenvalue weighted by molar-refractivity contribution is -0.140. The molecule has 0 atom stereocenters. The van der Waals surface area contributed by atoms with Crippen LogP contribution in [0.15, 0.2) is 53.3 Å². The highest BCUT2D eigenvalue weighted by Gasteiger charge is 2.35. The summed E-state index contributed by atoms with van der Waals surface area (Å²) >= 11 is 0. The fraction of sp³-hybridized carbons (Fsp3) is 0.278. The van der Waals surface area contributed by atoms with Crippen LogP contribution in [0, 0.1) is 0 Å². The van der Waals surface area contributed by atoms with E-state index in [1.54, 1.807) is 0 Å². The summed E-state index contributed by atoms with van der Waals surface area (Å²) in [6, 6.07) is 5.21. The van der Waals surface area contributed by atoms with Crippen LogP contribution in [0.4, 0.5) is 22.0 Å². The zero-order valence-electron chi connectivity index (χ0n) is 15.0. The molecule has 0 fully saturated rings. The van der Waals surface area contributed by atoms with Crippen molar-refractivity contribution in [3.05, 3.63) is 60.0 Å². The van der Waals surface area contributed by atoms with Crippen LogP contribution in [0.2, 0.25) is 0 Å². The molecular formula is C18H17F5N2O2S. The van der Waals surface area contributed by atoms with Gasteiger partial charge in [0.15, 0.2) is 15.5 Å². The van der Waals surface area contributed by atoms with E-state index in [1.807, 2.05) is 0 Å². The molecule has 0 aliphatic carbocycles. The lowest BCUT2D eigenvalue weighted by atomic mass is 10.1. The maximum absolute atomic E-state index is 13.2. The van der Waals surface area contributed by atoms with Crippen LogP contribution in [0.1, 0.15) is 24.9 Å². The van der Waals surface area contributed by atoms with Gasteiger partial charge in [-0.25, -0.2) is 22.2 Å². The number of imidazole rings is 1. The molecule has 0 aliphatic rings. The third kappa shape index (κ3) is 5.06. The molecule has 2 aromatic rings. The third-order valence-corrected chi connectivity index (χ3v) is 4.97. The van der Waals surface area contributed by atoms with E-state index in [4.69, 9.17) is 0 Å². The Labute approximate surface area is 158 Å². The van der Waals surface area contributed by atoms with Crippen molar-refractivity contribution in [3.8, 4) is 5.69 Å². The normalized spacial score (nSPS) is 13.8. The summed E-state index contributed by atoms with van der Waals surface area (Å²) in [4.78, 5) is 3.62. The van der Waals surface area contributed by atoms with Crippen LogP contribution < -0.4 is 0 Å². The summed E-state index contributed by atoms with van der Waals surface area (Å²) in [6.45, 7) is 0.224. The Morgan fingerprint density at radius 1 is 1.21 bits per heavy atom. The topological polar surface area (TPSA) is 52.0 Å². The highest BCUT2D eigenvalue weighted by molar-refractivity contribution is 7.90. The predicted octanol–water partition coefficient (Wildman–Crippen LogP) is 4.91. The molecule has 152 valence electrons. The Hall–Kier alpha value is -2.49. The minimum absolute atomic E-state index is 0.00756. The maximum atomic E-state index is 13.2. The number of nitrogens with zero attached hydrogens (tertiary/aromatic N) is 2. The quantitative estimate of drug-likeness (QED) is 0.624. The van der Waals surface area contributed by atoms with E-state index in [-0.39, 0.29) is 28.4 Å². The average molecular weight is 420 g/mol. The van der Waals surface area contributed by atoms with Crippen molar-refractivity contribution in [2.24, 2.45) is 0 Å². The molecule has 0 saturated carbocycles. The van der Waals surface area contributed by atoms with Gasteiger partial charge in [-0.3, -0.25) is 4.57 Å². The molecule has 4 nitrogen and oxygen atoms in total. The van der Waals surface area contributed by atoms with Crippen LogP contribution in [0.25, 0.3) is 11.3 Å². The van der Waals surface area contributed by atoms with E-state index in [0.717, 1.165) is 23.1 Å². The molecule has 10 heteroatoms. The number of allylic oxidation sites excluding steroid dienone is 4. The lowest BCUT2D eigenvalue weighted by Gasteiger charge is -2.10. The average Bonchev–Trinajstić information content (AvgIpc) is 3.07. The number of sulfone groups is 1. The number of rotatable bonds is 6. The summed E-state index contributed by atoms with van der Waals surface area (Å²) in [7, 11) is -3.47. The van der Waals surface area contributed by atoms with Gasteiger partial charge in [0.25, 0.3) is 0 Å². The molecule has 2 rings (SSSR count). The van der Waals surface area contributed by atoms with E-state index in [0.29, 0.717) is 0 Å². The zero-order chi connectivity index (χ0) is 21.1. The fourth-order valence-electron chi connectivity index (χ4n) is 2.41. The summed E-state index contributed by atoms with van der Waals surface area (Å²) in [6.07, 6.45) is -0.729. The summed E-state index contributed by atoms with van der Waals surface area (Å²) < 4.78 is 89.1. The number of benzene rings is 1. The van der Waals surface area contributed by atoms with E-state index in [2.05, 4.69) is 4.98 Å². The monoisotopic (exact) mass is 420 g/mol. The minimum Gasteiger partial charge on any atom is -0.299 e. The molecule has 28 heavy (non-hydrogen) atoms. The molecule has 1 aromatic heterocycles. The highest BCUT2D eigenvalue weighted by Crippen LogP contribution is 2.32. The van der Waals surface area contributed by atoms with Crippen molar-refractivity contribution in [3.63, 3.8) is 0 Å². The first-order valence-electron chi connectivity index (χ1n) is 8.00. The smallest absolute Gasteiger partial charge is 0.299 e.